The van der Waals surface area contributed by atoms with Gasteiger partial charge in [0.2, 0.25) is 0 Å². The summed E-state index contributed by atoms with van der Waals surface area (Å²) in [5, 5.41) is 0.892. The standard InChI is InChI=1S/C20H21N3O/c1-3-4-13-23(2)20(24)17-14-19(15-9-11-21-12-10-15)22-18-8-6-5-7-16(17)18/h5-12,14H,3-4,13H2,1-2H3. The predicted molar refractivity (Wildman–Crippen MR) is 96.8 cm³/mol. The van der Waals surface area contributed by atoms with Gasteiger partial charge in [-0.1, -0.05) is 31.5 Å². The Morgan fingerprint density at radius 1 is 1.12 bits per heavy atom. The molecule has 24 heavy (non-hydrogen) atoms. The smallest absolute Gasteiger partial charge is 0.254 e. The lowest BCUT2D eigenvalue weighted by Crippen LogP contribution is -2.28. The van der Waals surface area contributed by atoms with E-state index in [0.717, 1.165) is 41.5 Å². The van der Waals surface area contributed by atoms with Crippen molar-refractivity contribution in [3.8, 4) is 11.3 Å². The number of aromatic nitrogens is 2. The molecule has 0 spiro atoms. The van der Waals surface area contributed by atoms with Gasteiger partial charge in [0.1, 0.15) is 0 Å². The van der Waals surface area contributed by atoms with E-state index in [-0.39, 0.29) is 5.91 Å². The van der Waals surface area contributed by atoms with Crippen LogP contribution in [0, 0.1) is 0 Å². The van der Waals surface area contributed by atoms with E-state index in [1.165, 1.54) is 0 Å². The lowest BCUT2D eigenvalue weighted by atomic mass is 10.0. The van der Waals surface area contributed by atoms with Gasteiger partial charge in [0.25, 0.3) is 5.91 Å². The van der Waals surface area contributed by atoms with Crippen LogP contribution in [0.1, 0.15) is 30.1 Å². The van der Waals surface area contributed by atoms with Crippen molar-refractivity contribution < 1.29 is 4.79 Å². The second-order valence-electron chi connectivity index (χ2n) is 5.89. The van der Waals surface area contributed by atoms with Crippen LogP contribution in [0.3, 0.4) is 0 Å². The van der Waals surface area contributed by atoms with Gasteiger partial charge in [-0.2, -0.15) is 0 Å². The van der Waals surface area contributed by atoms with Crippen molar-refractivity contribution in [3.05, 3.63) is 60.4 Å². The summed E-state index contributed by atoms with van der Waals surface area (Å²) in [5.74, 6) is 0.0392. The van der Waals surface area contributed by atoms with Crippen molar-refractivity contribution in [1.82, 2.24) is 14.9 Å². The Balaban J connectivity index is 2.10. The summed E-state index contributed by atoms with van der Waals surface area (Å²) < 4.78 is 0. The first kappa shape index (κ1) is 16.1. The van der Waals surface area contributed by atoms with E-state index < -0.39 is 0 Å². The van der Waals surface area contributed by atoms with Crippen LogP contribution in [0.15, 0.2) is 54.9 Å². The van der Waals surface area contributed by atoms with Crippen LogP contribution in [-0.4, -0.2) is 34.4 Å². The van der Waals surface area contributed by atoms with Crippen molar-refractivity contribution in [2.75, 3.05) is 13.6 Å². The molecule has 0 saturated heterocycles. The molecule has 122 valence electrons. The molecule has 0 aliphatic heterocycles. The number of nitrogens with zero attached hydrogens (tertiary/aromatic N) is 3. The van der Waals surface area contributed by atoms with Crippen LogP contribution in [0.4, 0.5) is 0 Å². The molecular weight excluding hydrogens is 298 g/mol. The summed E-state index contributed by atoms with van der Waals surface area (Å²) in [6.07, 6.45) is 5.54. The third kappa shape index (κ3) is 3.27. The fourth-order valence-corrected chi connectivity index (χ4v) is 2.73. The molecule has 4 heteroatoms. The van der Waals surface area contributed by atoms with Gasteiger partial charge in [-0.3, -0.25) is 9.78 Å². The molecule has 2 heterocycles. The summed E-state index contributed by atoms with van der Waals surface area (Å²) in [6, 6.07) is 13.5. The van der Waals surface area contributed by atoms with Crippen molar-refractivity contribution >= 4 is 16.8 Å². The minimum absolute atomic E-state index is 0.0392. The van der Waals surface area contributed by atoms with Crippen LogP contribution in [-0.2, 0) is 0 Å². The number of carbonyl (C=O) groups excluding carboxylic acids is 1. The Kier molecular flexibility index (Phi) is 4.85. The summed E-state index contributed by atoms with van der Waals surface area (Å²) in [6.45, 7) is 2.89. The van der Waals surface area contributed by atoms with E-state index in [2.05, 4.69) is 11.9 Å². The number of hydrogen-bond acceptors (Lipinski definition) is 3. The predicted octanol–water partition coefficient (Wildman–Crippen LogP) is 4.17. The lowest BCUT2D eigenvalue weighted by Gasteiger charge is -2.18. The maximum absolute atomic E-state index is 12.9. The Morgan fingerprint density at radius 2 is 1.88 bits per heavy atom. The molecule has 1 amide bonds. The fraction of sp³-hybridized carbons (Fsp3) is 0.250. The third-order valence-electron chi connectivity index (χ3n) is 4.12. The highest BCUT2D eigenvalue weighted by atomic mass is 16.2. The van der Waals surface area contributed by atoms with Gasteiger partial charge in [-0.05, 0) is 30.7 Å². The number of benzene rings is 1. The van der Waals surface area contributed by atoms with E-state index in [9.17, 15) is 4.79 Å². The molecule has 1 aromatic carbocycles. The minimum atomic E-state index is 0.0392. The number of amides is 1. The average molecular weight is 319 g/mol. The second-order valence-corrected chi connectivity index (χ2v) is 5.89. The Hall–Kier alpha value is -2.75. The summed E-state index contributed by atoms with van der Waals surface area (Å²) in [4.78, 5) is 23.5. The third-order valence-corrected chi connectivity index (χ3v) is 4.12. The highest BCUT2D eigenvalue weighted by molar-refractivity contribution is 6.07. The van der Waals surface area contributed by atoms with Gasteiger partial charge in [-0.25, -0.2) is 4.98 Å². The van der Waals surface area contributed by atoms with Crippen LogP contribution in [0.2, 0.25) is 0 Å². The van der Waals surface area contributed by atoms with Crippen LogP contribution >= 0.6 is 0 Å². The molecule has 0 unspecified atom stereocenters. The minimum Gasteiger partial charge on any atom is -0.342 e. The Bertz CT molecular complexity index is 846. The molecule has 2 aromatic heterocycles. The number of rotatable bonds is 5. The SMILES string of the molecule is CCCCN(C)C(=O)c1cc(-c2ccncc2)nc2ccccc12. The number of fused-ring (bicyclic) bond motifs is 1. The largest absolute Gasteiger partial charge is 0.342 e. The van der Waals surface area contributed by atoms with E-state index in [0.29, 0.717) is 5.56 Å². The Labute approximate surface area is 142 Å². The monoisotopic (exact) mass is 319 g/mol. The van der Waals surface area contributed by atoms with Crippen molar-refractivity contribution in [1.29, 1.82) is 0 Å². The maximum Gasteiger partial charge on any atom is 0.254 e. The summed E-state index contributed by atoms with van der Waals surface area (Å²) in [5.41, 5.74) is 3.29. The molecule has 0 fully saturated rings. The second kappa shape index (κ2) is 7.21. The quantitative estimate of drug-likeness (QED) is 0.709. The molecule has 3 rings (SSSR count). The average Bonchev–Trinajstić information content (AvgIpc) is 2.65. The zero-order valence-electron chi connectivity index (χ0n) is 14.1. The van der Waals surface area contributed by atoms with E-state index in [4.69, 9.17) is 4.98 Å². The van der Waals surface area contributed by atoms with Gasteiger partial charge in [0, 0.05) is 36.9 Å². The first-order valence-electron chi connectivity index (χ1n) is 8.26. The van der Waals surface area contributed by atoms with Crippen LogP contribution in [0.5, 0.6) is 0 Å². The first-order chi connectivity index (χ1) is 11.7. The highest BCUT2D eigenvalue weighted by Gasteiger charge is 2.17. The molecule has 3 aromatic rings. The molecule has 0 radical (unpaired) electrons. The number of hydrogen-bond donors (Lipinski definition) is 0. The zero-order valence-corrected chi connectivity index (χ0v) is 14.1. The summed E-state index contributed by atoms with van der Waals surface area (Å²) >= 11 is 0. The van der Waals surface area contributed by atoms with Gasteiger partial charge < -0.3 is 4.90 Å². The topological polar surface area (TPSA) is 46.1 Å². The van der Waals surface area contributed by atoms with Crippen molar-refractivity contribution in [2.45, 2.75) is 19.8 Å². The molecule has 0 saturated carbocycles. The van der Waals surface area contributed by atoms with Gasteiger partial charge >= 0.3 is 0 Å². The van der Waals surface area contributed by atoms with Crippen LogP contribution < -0.4 is 0 Å². The zero-order chi connectivity index (χ0) is 16.9. The lowest BCUT2D eigenvalue weighted by molar-refractivity contribution is 0.0795. The number of para-hydroxylation sites is 1. The molecule has 0 aliphatic rings. The van der Waals surface area contributed by atoms with Gasteiger partial charge in [-0.15, -0.1) is 0 Å². The van der Waals surface area contributed by atoms with Gasteiger partial charge in [0.15, 0.2) is 0 Å². The molecule has 0 N–H and O–H groups in total. The molecule has 0 bridgehead atoms. The fourth-order valence-electron chi connectivity index (χ4n) is 2.73. The highest BCUT2D eigenvalue weighted by Crippen LogP contribution is 2.25. The number of unbranched alkanes of at least 4 members (excludes halogenated alkanes) is 1. The molecule has 0 atom stereocenters. The number of carbonyl (C=O) groups is 1. The maximum atomic E-state index is 12.9. The Morgan fingerprint density at radius 3 is 2.62 bits per heavy atom. The van der Waals surface area contributed by atoms with Crippen molar-refractivity contribution in [2.24, 2.45) is 0 Å². The van der Waals surface area contributed by atoms with Gasteiger partial charge in [0.05, 0.1) is 16.8 Å². The van der Waals surface area contributed by atoms with E-state index >= 15 is 0 Å². The summed E-state index contributed by atoms with van der Waals surface area (Å²) in [7, 11) is 1.86. The molecule has 4 nitrogen and oxygen atoms in total. The van der Waals surface area contributed by atoms with Crippen molar-refractivity contribution in [3.63, 3.8) is 0 Å². The molecular formula is C20H21N3O. The molecule has 0 aliphatic carbocycles. The number of pyridine rings is 2. The van der Waals surface area contributed by atoms with Crippen LogP contribution in [0.25, 0.3) is 22.2 Å². The van der Waals surface area contributed by atoms with E-state index in [1.807, 2.05) is 49.5 Å². The van der Waals surface area contributed by atoms with E-state index in [1.54, 1.807) is 17.3 Å². The first-order valence-corrected chi connectivity index (χ1v) is 8.26. The normalized spacial score (nSPS) is 10.8.